The fraction of sp³-hybridized carbons (Fsp3) is 0.980. The van der Waals surface area contributed by atoms with Gasteiger partial charge in [-0.15, -0.1) is 0 Å². The zero-order chi connectivity index (χ0) is 81.0. The van der Waals surface area contributed by atoms with Crippen molar-refractivity contribution in [3.05, 3.63) is 0 Å². The van der Waals surface area contributed by atoms with Crippen LogP contribution in [0.4, 0.5) is 0 Å². The Morgan fingerprint density at radius 3 is 0.982 bits per heavy atom. The summed E-state index contributed by atoms with van der Waals surface area (Å²) in [4.78, 5) is 26.3. The fourth-order valence-electron chi connectivity index (χ4n) is 18.4. The first kappa shape index (κ1) is 105. The highest BCUT2D eigenvalue weighted by Gasteiger charge is 2.49. The van der Waals surface area contributed by atoms with E-state index < -0.39 is 92.2 Å². The van der Waals surface area contributed by atoms with Crippen LogP contribution in [0.25, 0.3) is 0 Å². The van der Waals surface area contributed by atoms with Crippen molar-refractivity contribution in [2.24, 2.45) is 23.7 Å². The summed E-state index contributed by atoms with van der Waals surface area (Å²) in [6.45, 7) is 8.14. The van der Waals surface area contributed by atoms with Crippen LogP contribution in [-0.2, 0) is 28.5 Å². The van der Waals surface area contributed by atoms with Crippen LogP contribution in [-0.4, -0.2) is 139 Å². The predicted octanol–water partition coefficient (Wildman–Crippen LogP) is 24.9. The molecule has 0 aromatic heterocycles. The van der Waals surface area contributed by atoms with Crippen molar-refractivity contribution < 1.29 is 69.4 Å². The maximum absolute atomic E-state index is 13.9. The van der Waals surface area contributed by atoms with E-state index >= 15 is 0 Å². The number of ether oxygens (including phenoxy) is 4. The molecule has 0 aromatic rings. The minimum Gasteiger partial charge on any atom is -0.463 e. The van der Waals surface area contributed by atoms with Crippen LogP contribution >= 0.6 is 0 Å². The third-order valence-electron chi connectivity index (χ3n) is 26.4. The minimum absolute atomic E-state index is 0.0160. The van der Waals surface area contributed by atoms with Crippen LogP contribution in [0.5, 0.6) is 0 Å². The smallest absolute Gasteiger partial charge is 0.311 e. The predicted molar refractivity (Wildman–Crippen MR) is 466 cm³/mol. The lowest BCUT2D eigenvalue weighted by atomic mass is 9.87. The molecule has 16 atom stereocenters. The summed E-state index contributed by atoms with van der Waals surface area (Å²) in [6, 6.07) is 0. The molecule has 2 saturated heterocycles. The van der Waals surface area contributed by atoms with Crippen LogP contribution in [0.1, 0.15) is 503 Å². The highest BCUT2D eigenvalue weighted by atomic mass is 16.6. The van der Waals surface area contributed by atoms with Gasteiger partial charge in [0.1, 0.15) is 55.4 Å². The van der Waals surface area contributed by atoms with Gasteiger partial charge in [-0.1, -0.05) is 445 Å². The molecule has 0 spiro atoms. The molecule has 112 heavy (non-hydrogen) atoms. The molecule has 1 aliphatic carbocycles. The monoisotopic (exact) mass is 1590 g/mol. The molecule has 664 valence electrons. The van der Waals surface area contributed by atoms with Gasteiger partial charge in [-0.3, -0.25) is 9.59 Å². The second-order valence-corrected chi connectivity index (χ2v) is 36.8. The van der Waals surface area contributed by atoms with E-state index in [9.17, 15) is 50.4 Å². The Morgan fingerprint density at radius 1 is 0.339 bits per heavy atom. The van der Waals surface area contributed by atoms with Crippen molar-refractivity contribution in [2.45, 2.75) is 576 Å². The fourth-order valence-corrected chi connectivity index (χ4v) is 18.4. The third-order valence-corrected chi connectivity index (χ3v) is 26.4. The first-order valence-corrected chi connectivity index (χ1v) is 49.8. The Labute approximate surface area is 690 Å². The van der Waals surface area contributed by atoms with Crippen LogP contribution in [0.3, 0.4) is 0 Å². The van der Waals surface area contributed by atoms with Crippen LogP contribution in [0.15, 0.2) is 0 Å². The molecule has 14 heteroatoms. The Balaban J connectivity index is 1.11. The summed E-state index contributed by atoms with van der Waals surface area (Å²) >= 11 is 0. The number of carbonyl (C=O) groups excluding carboxylic acids is 2. The van der Waals surface area contributed by atoms with E-state index in [4.69, 9.17) is 18.9 Å². The number of hydrogen-bond acceptors (Lipinski definition) is 14. The van der Waals surface area contributed by atoms with Crippen LogP contribution in [0, 0.1) is 23.7 Å². The molecular formula is C98H188O14. The van der Waals surface area contributed by atoms with Gasteiger partial charge >= 0.3 is 11.9 Å². The van der Waals surface area contributed by atoms with Gasteiger partial charge in [0.15, 0.2) is 0 Å². The van der Waals surface area contributed by atoms with Crippen LogP contribution in [0.2, 0.25) is 0 Å². The average molecular weight is 1590 g/mol. The number of aliphatic hydroxyl groups excluding tert-OH is 8. The zero-order valence-corrected chi connectivity index (χ0v) is 74.0. The topological polar surface area (TPSA) is 233 Å². The number of hydrogen-bond donors (Lipinski definition) is 8. The molecule has 14 nitrogen and oxygen atoms in total. The van der Waals surface area contributed by atoms with Gasteiger partial charge in [0.25, 0.3) is 0 Å². The Morgan fingerprint density at radius 2 is 0.625 bits per heavy atom. The van der Waals surface area contributed by atoms with E-state index in [2.05, 4.69) is 27.7 Å². The zero-order valence-electron chi connectivity index (χ0n) is 74.0. The van der Waals surface area contributed by atoms with Crippen molar-refractivity contribution in [1.29, 1.82) is 0 Å². The molecule has 0 amide bonds. The van der Waals surface area contributed by atoms with Crippen molar-refractivity contribution in [2.75, 3.05) is 13.2 Å². The maximum Gasteiger partial charge on any atom is 0.311 e. The van der Waals surface area contributed by atoms with Crippen molar-refractivity contribution in [1.82, 2.24) is 0 Å². The lowest BCUT2D eigenvalue weighted by Crippen LogP contribution is -2.62. The number of aliphatic hydroxyl groups is 8. The standard InChI is InChI=1S/C98H188O14/c1-5-7-9-11-13-15-17-19-21-23-24-25-26-31-38-44-50-56-62-68-74-84(98(108)109-80-90-95(105)97(107)93(103)88(112-90)78-87-92(102)96(106)94(104)89(79-99)111-87)86(100)75-69-63-57-51-45-39-34-33-37-43-49-55-61-67-73-83-77-85(83)81(3)71-65-59-53-47-41-35-29-27-28-32-40-46-52-58-64-70-76-91(101)110-82(4)72-66-60-54-48-42-36-30-22-20-18-16-14-12-10-8-6-2/h81-90,92-97,99-100,102-107H,5-80H2,1-4H3/t81-,82-,83-,84+,85+,86+,87?,88?,89?,90?,92?,93?,94?,95?,96?,97?/m0/s1. The van der Waals surface area contributed by atoms with Crippen molar-refractivity contribution >= 4 is 11.9 Å². The highest BCUT2D eigenvalue weighted by molar-refractivity contribution is 5.73. The van der Waals surface area contributed by atoms with E-state index in [0.717, 1.165) is 82.0 Å². The minimum atomic E-state index is -1.68. The number of esters is 2. The van der Waals surface area contributed by atoms with Gasteiger partial charge in [0.2, 0.25) is 0 Å². The lowest BCUT2D eigenvalue weighted by molar-refractivity contribution is -0.263. The van der Waals surface area contributed by atoms with Crippen molar-refractivity contribution in [3.63, 3.8) is 0 Å². The molecule has 0 bridgehead atoms. The first-order chi connectivity index (χ1) is 54.7. The third kappa shape index (κ3) is 54.7. The van der Waals surface area contributed by atoms with E-state index in [1.807, 2.05) is 0 Å². The lowest BCUT2D eigenvalue weighted by Gasteiger charge is -2.45. The van der Waals surface area contributed by atoms with E-state index in [1.54, 1.807) is 0 Å². The summed E-state index contributed by atoms with van der Waals surface area (Å²) in [5, 5.41) is 85.2. The maximum atomic E-state index is 13.9. The summed E-state index contributed by atoms with van der Waals surface area (Å²) in [5.41, 5.74) is 0. The Kier molecular flexibility index (Phi) is 68.7. The molecule has 2 aliphatic heterocycles. The molecule has 3 rings (SSSR count). The quantitative estimate of drug-likeness (QED) is 0.0209. The summed E-state index contributed by atoms with van der Waals surface area (Å²) in [5.74, 6) is 1.60. The highest BCUT2D eigenvalue weighted by Crippen LogP contribution is 2.49. The number of unbranched alkanes of at least 4 members (excludes halogenated alkanes) is 62. The van der Waals surface area contributed by atoms with E-state index in [1.165, 1.54) is 385 Å². The molecule has 1 saturated carbocycles. The Hall–Kier alpha value is -1.46. The average Bonchev–Trinajstić information content (AvgIpc) is 1.23. The van der Waals surface area contributed by atoms with Crippen LogP contribution < -0.4 is 0 Å². The molecule has 10 unspecified atom stereocenters. The summed E-state index contributed by atoms with van der Waals surface area (Å²) < 4.78 is 23.1. The molecule has 2 heterocycles. The van der Waals surface area contributed by atoms with Gasteiger partial charge in [0, 0.05) is 12.8 Å². The second-order valence-electron chi connectivity index (χ2n) is 36.8. The molecule has 3 aliphatic rings. The Bertz CT molecular complexity index is 2050. The molecule has 8 N–H and O–H groups in total. The molecular weight excluding hydrogens is 1400 g/mol. The van der Waals surface area contributed by atoms with Gasteiger partial charge in [-0.05, 0) is 63.2 Å². The van der Waals surface area contributed by atoms with Gasteiger partial charge in [0.05, 0.1) is 36.9 Å². The normalized spacial score (nSPS) is 23.0. The van der Waals surface area contributed by atoms with Gasteiger partial charge in [-0.25, -0.2) is 0 Å². The summed E-state index contributed by atoms with van der Waals surface area (Å²) in [7, 11) is 0. The van der Waals surface area contributed by atoms with E-state index in [-0.39, 0.29) is 18.5 Å². The number of rotatable bonds is 83. The SMILES string of the molecule is CCCCCCCCCCCCCCCCCCCCCC[C@@H](C(=O)OCC1OC(CC2OC(CO)C(O)C(O)C2O)C(O)C(O)C1O)[C@H](O)CCCCCCCCCCCCCCCC[C@H]1C[C@@H]1[C@@H](C)CCCCCCCCCCCCCCCCCCC(=O)O[C@@H](C)CCCCCCCCCCCCCCCCCC. The van der Waals surface area contributed by atoms with Gasteiger partial charge < -0.3 is 59.8 Å². The van der Waals surface area contributed by atoms with Crippen molar-refractivity contribution in [3.8, 4) is 0 Å². The first-order valence-electron chi connectivity index (χ1n) is 49.8. The second kappa shape index (κ2) is 73.5. The number of carbonyl (C=O) groups is 2. The summed E-state index contributed by atoms with van der Waals surface area (Å²) in [6.07, 6.45) is 78.3. The van der Waals surface area contributed by atoms with E-state index in [0.29, 0.717) is 19.3 Å². The largest absolute Gasteiger partial charge is 0.463 e. The molecule has 0 aromatic carbocycles. The van der Waals surface area contributed by atoms with Gasteiger partial charge in [-0.2, -0.15) is 0 Å². The molecule has 3 fully saturated rings. The molecule has 0 radical (unpaired) electrons.